The average molecular weight is 374 g/mol. The molecular formula is C24H26N2O2. The van der Waals surface area contributed by atoms with Crippen LogP contribution in [0.2, 0.25) is 0 Å². The van der Waals surface area contributed by atoms with Gasteiger partial charge in [-0.1, -0.05) is 54.6 Å². The van der Waals surface area contributed by atoms with E-state index in [0.29, 0.717) is 13.0 Å². The predicted octanol–water partition coefficient (Wildman–Crippen LogP) is 4.44. The highest BCUT2D eigenvalue weighted by atomic mass is 16.3. The molecule has 3 aromatic rings. The summed E-state index contributed by atoms with van der Waals surface area (Å²) in [5.41, 5.74) is 3.37. The van der Waals surface area contributed by atoms with Crippen LogP contribution in [0.5, 0.6) is 0 Å². The van der Waals surface area contributed by atoms with E-state index in [9.17, 15) is 4.79 Å². The number of carbonyl (C=O) groups excluding carboxylic acids is 1. The van der Waals surface area contributed by atoms with Crippen molar-refractivity contribution in [3.63, 3.8) is 0 Å². The van der Waals surface area contributed by atoms with Crippen LogP contribution >= 0.6 is 0 Å². The van der Waals surface area contributed by atoms with Crippen molar-refractivity contribution < 1.29 is 9.21 Å². The molecule has 1 aliphatic heterocycles. The monoisotopic (exact) mass is 374 g/mol. The van der Waals surface area contributed by atoms with E-state index in [1.165, 1.54) is 18.4 Å². The van der Waals surface area contributed by atoms with Crippen molar-refractivity contribution in [2.45, 2.75) is 25.3 Å². The number of carbonyl (C=O) groups is 1. The van der Waals surface area contributed by atoms with E-state index < -0.39 is 0 Å². The molecule has 0 bridgehead atoms. The van der Waals surface area contributed by atoms with Crippen LogP contribution < -0.4 is 5.32 Å². The molecule has 4 rings (SSSR count). The molecule has 144 valence electrons. The summed E-state index contributed by atoms with van der Waals surface area (Å²) < 4.78 is 5.62. The van der Waals surface area contributed by atoms with E-state index in [1.807, 2.05) is 42.5 Å². The Hall–Kier alpha value is -2.85. The third-order valence-electron chi connectivity index (χ3n) is 5.37. The number of rotatable bonds is 7. The molecule has 2 aromatic carbocycles. The maximum Gasteiger partial charge on any atom is 0.224 e. The first-order valence-corrected chi connectivity index (χ1v) is 9.98. The van der Waals surface area contributed by atoms with Gasteiger partial charge in [-0.3, -0.25) is 9.69 Å². The van der Waals surface area contributed by atoms with E-state index >= 15 is 0 Å². The Bertz CT molecular complexity index is 867. The number of amides is 1. The van der Waals surface area contributed by atoms with Gasteiger partial charge >= 0.3 is 0 Å². The molecule has 0 radical (unpaired) electrons. The predicted molar refractivity (Wildman–Crippen MR) is 111 cm³/mol. The van der Waals surface area contributed by atoms with Crippen LogP contribution in [0.1, 0.15) is 30.2 Å². The fraction of sp³-hybridized carbons (Fsp3) is 0.292. The number of benzene rings is 2. The normalized spacial score (nSPS) is 15.4. The number of hydrogen-bond acceptors (Lipinski definition) is 3. The van der Waals surface area contributed by atoms with Gasteiger partial charge in [-0.2, -0.15) is 0 Å². The van der Waals surface area contributed by atoms with E-state index in [2.05, 4.69) is 34.5 Å². The molecule has 1 aliphatic rings. The Kier molecular flexibility index (Phi) is 5.88. The van der Waals surface area contributed by atoms with Crippen molar-refractivity contribution >= 4 is 5.91 Å². The Morgan fingerprint density at radius 2 is 1.64 bits per heavy atom. The fourth-order valence-electron chi connectivity index (χ4n) is 3.85. The first-order chi connectivity index (χ1) is 13.8. The number of likely N-dealkylation sites (tertiary alicyclic amines) is 1. The Morgan fingerprint density at radius 3 is 2.32 bits per heavy atom. The van der Waals surface area contributed by atoms with E-state index in [1.54, 1.807) is 6.26 Å². The molecule has 1 atom stereocenters. The second kappa shape index (κ2) is 8.89. The summed E-state index contributed by atoms with van der Waals surface area (Å²) in [6.45, 7) is 2.69. The number of nitrogens with one attached hydrogen (secondary N) is 1. The van der Waals surface area contributed by atoms with Gasteiger partial charge in [-0.05, 0) is 54.8 Å². The first kappa shape index (κ1) is 18.5. The third-order valence-corrected chi connectivity index (χ3v) is 5.37. The molecular weight excluding hydrogens is 348 g/mol. The molecule has 4 heteroatoms. The van der Waals surface area contributed by atoms with Crippen molar-refractivity contribution in [1.29, 1.82) is 0 Å². The van der Waals surface area contributed by atoms with Crippen LogP contribution in [0.25, 0.3) is 11.1 Å². The Labute approximate surface area is 166 Å². The highest BCUT2D eigenvalue weighted by molar-refractivity contribution is 5.79. The molecule has 0 spiro atoms. The molecule has 28 heavy (non-hydrogen) atoms. The van der Waals surface area contributed by atoms with Gasteiger partial charge in [0.1, 0.15) is 5.76 Å². The summed E-state index contributed by atoms with van der Waals surface area (Å²) in [7, 11) is 0. The minimum atomic E-state index is 0.0446. The van der Waals surface area contributed by atoms with Crippen LogP contribution in [-0.2, 0) is 11.2 Å². The minimum Gasteiger partial charge on any atom is -0.468 e. The lowest BCUT2D eigenvalue weighted by Gasteiger charge is -2.26. The summed E-state index contributed by atoms with van der Waals surface area (Å²) in [6, 6.07) is 22.5. The zero-order valence-corrected chi connectivity index (χ0v) is 16.0. The van der Waals surface area contributed by atoms with Crippen LogP contribution in [0.3, 0.4) is 0 Å². The molecule has 0 unspecified atom stereocenters. The van der Waals surface area contributed by atoms with Crippen LogP contribution in [0, 0.1) is 0 Å². The van der Waals surface area contributed by atoms with Crippen molar-refractivity contribution in [2.75, 3.05) is 19.6 Å². The van der Waals surface area contributed by atoms with Gasteiger partial charge in [0, 0.05) is 6.54 Å². The van der Waals surface area contributed by atoms with Crippen molar-refractivity contribution in [2.24, 2.45) is 0 Å². The molecule has 1 aromatic heterocycles. The zero-order valence-electron chi connectivity index (χ0n) is 16.0. The van der Waals surface area contributed by atoms with E-state index in [0.717, 1.165) is 30.0 Å². The lowest BCUT2D eigenvalue weighted by Crippen LogP contribution is -2.37. The Balaban J connectivity index is 1.34. The number of furan rings is 1. The van der Waals surface area contributed by atoms with Gasteiger partial charge in [-0.15, -0.1) is 0 Å². The number of hydrogen-bond donors (Lipinski definition) is 1. The Morgan fingerprint density at radius 1 is 0.929 bits per heavy atom. The maximum atomic E-state index is 12.5. The van der Waals surface area contributed by atoms with Crippen LogP contribution in [0.15, 0.2) is 77.4 Å². The quantitative estimate of drug-likeness (QED) is 0.665. The molecule has 1 N–H and O–H groups in total. The standard InChI is InChI=1S/C24H26N2O2/c27-24(17-19-10-12-21(13-11-19)20-7-2-1-3-8-20)25-18-22(23-9-6-16-28-23)26-14-4-5-15-26/h1-3,6-13,16,22H,4-5,14-15,17-18H2,(H,25,27)/t22-/m0/s1. The van der Waals surface area contributed by atoms with Gasteiger partial charge in [0.05, 0.1) is 18.7 Å². The molecule has 1 fully saturated rings. The summed E-state index contributed by atoms with van der Waals surface area (Å²) >= 11 is 0. The third kappa shape index (κ3) is 4.52. The van der Waals surface area contributed by atoms with E-state index in [4.69, 9.17) is 4.42 Å². The van der Waals surface area contributed by atoms with E-state index in [-0.39, 0.29) is 11.9 Å². The minimum absolute atomic E-state index is 0.0446. The van der Waals surface area contributed by atoms with Crippen molar-refractivity contribution in [3.8, 4) is 11.1 Å². The largest absolute Gasteiger partial charge is 0.468 e. The van der Waals surface area contributed by atoms with Gasteiger partial charge in [0.25, 0.3) is 0 Å². The maximum absolute atomic E-state index is 12.5. The molecule has 2 heterocycles. The van der Waals surface area contributed by atoms with Crippen molar-refractivity contribution in [3.05, 3.63) is 84.3 Å². The zero-order chi connectivity index (χ0) is 19.2. The van der Waals surface area contributed by atoms with Crippen molar-refractivity contribution in [1.82, 2.24) is 10.2 Å². The summed E-state index contributed by atoms with van der Waals surface area (Å²) in [6.07, 6.45) is 4.51. The average Bonchev–Trinajstić information content (AvgIpc) is 3.44. The van der Waals surface area contributed by atoms with Gasteiger partial charge in [-0.25, -0.2) is 0 Å². The van der Waals surface area contributed by atoms with Gasteiger partial charge < -0.3 is 9.73 Å². The second-order valence-electron chi connectivity index (χ2n) is 7.32. The lowest BCUT2D eigenvalue weighted by atomic mass is 10.0. The molecule has 1 amide bonds. The van der Waals surface area contributed by atoms with Gasteiger partial charge in [0.2, 0.25) is 5.91 Å². The molecule has 0 saturated carbocycles. The molecule has 4 nitrogen and oxygen atoms in total. The van der Waals surface area contributed by atoms with Crippen LogP contribution in [0.4, 0.5) is 0 Å². The molecule has 1 saturated heterocycles. The molecule has 0 aliphatic carbocycles. The second-order valence-corrected chi connectivity index (χ2v) is 7.32. The van der Waals surface area contributed by atoms with Gasteiger partial charge in [0.15, 0.2) is 0 Å². The summed E-state index contributed by atoms with van der Waals surface area (Å²) in [5.74, 6) is 0.970. The SMILES string of the molecule is O=C(Cc1ccc(-c2ccccc2)cc1)NC[C@@H](c1ccco1)N1CCCC1. The highest BCUT2D eigenvalue weighted by Gasteiger charge is 2.25. The lowest BCUT2D eigenvalue weighted by molar-refractivity contribution is -0.120. The first-order valence-electron chi connectivity index (χ1n) is 9.98. The fourth-order valence-corrected chi connectivity index (χ4v) is 3.85. The smallest absolute Gasteiger partial charge is 0.224 e. The number of nitrogens with zero attached hydrogens (tertiary/aromatic N) is 1. The summed E-state index contributed by atoms with van der Waals surface area (Å²) in [5, 5.41) is 3.10. The highest BCUT2D eigenvalue weighted by Crippen LogP contribution is 2.25. The van der Waals surface area contributed by atoms with Crippen LogP contribution in [-0.4, -0.2) is 30.4 Å². The topological polar surface area (TPSA) is 45.5 Å². The summed E-state index contributed by atoms with van der Waals surface area (Å²) in [4.78, 5) is 14.9.